The molecule has 1 aromatic carbocycles. The van der Waals surface area contributed by atoms with Gasteiger partial charge in [0.15, 0.2) is 5.58 Å². The fourth-order valence-corrected chi connectivity index (χ4v) is 3.84. The Kier molecular flexibility index (Phi) is 5.08. The molecule has 0 bridgehead atoms. The van der Waals surface area contributed by atoms with Crippen molar-refractivity contribution in [3.8, 4) is 0 Å². The average molecular weight is 379 g/mol. The van der Waals surface area contributed by atoms with Crippen LogP contribution in [0.3, 0.4) is 0 Å². The Morgan fingerprint density at radius 3 is 2.92 bits per heavy atom. The molecule has 1 atom stereocenters. The third kappa shape index (κ3) is 4.46. The van der Waals surface area contributed by atoms with Gasteiger partial charge in [-0.2, -0.15) is 0 Å². The number of carbonyl (C=O) groups excluding carboxylic acids is 1. The number of ether oxygens (including phenoxy) is 1. The molecule has 0 spiro atoms. The first kappa shape index (κ1) is 18.5. The summed E-state index contributed by atoms with van der Waals surface area (Å²) < 4.78 is 11.1. The van der Waals surface area contributed by atoms with Gasteiger partial charge in [-0.3, -0.25) is 10.1 Å². The summed E-state index contributed by atoms with van der Waals surface area (Å²) in [7, 11) is 0. The largest absolute Gasteiger partial charge is 0.444 e. The molecule has 1 unspecified atom stereocenters. The minimum Gasteiger partial charge on any atom is -0.444 e. The maximum absolute atomic E-state index is 12.2. The molecule has 1 amide bonds. The van der Waals surface area contributed by atoms with Gasteiger partial charge in [0.05, 0.1) is 4.92 Å². The van der Waals surface area contributed by atoms with Crippen LogP contribution in [0.15, 0.2) is 27.8 Å². The van der Waals surface area contributed by atoms with Crippen LogP contribution in [0.4, 0.5) is 10.5 Å². The number of piperidine rings is 1. The van der Waals surface area contributed by atoms with E-state index in [0.29, 0.717) is 29.4 Å². The molecule has 0 radical (unpaired) electrons. The number of nitrogens with zero attached hydrogens (tertiary/aromatic N) is 3. The molecule has 0 N–H and O–H groups in total. The average Bonchev–Trinajstić information content (AvgIpc) is 2.94. The van der Waals surface area contributed by atoms with Crippen molar-refractivity contribution < 1.29 is 18.9 Å². The van der Waals surface area contributed by atoms with Crippen molar-refractivity contribution in [3.05, 3.63) is 28.3 Å². The van der Waals surface area contributed by atoms with Crippen molar-refractivity contribution in [1.82, 2.24) is 9.88 Å². The summed E-state index contributed by atoms with van der Waals surface area (Å²) >= 11 is 1.45. The van der Waals surface area contributed by atoms with E-state index >= 15 is 0 Å². The van der Waals surface area contributed by atoms with Gasteiger partial charge in [-0.1, -0.05) is 11.8 Å². The number of rotatable bonds is 3. The first-order valence-electron chi connectivity index (χ1n) is 8.41. The predicted molar refractivity (Wildman–Crippen MR) is 97.3 cm³/mol. The third-order valence-corrected chi connectivity index (χ3v) is 4.95. The smallest absolute Gasteiger partial charge is 0.410 e. The molecule has 140 valence electrons. The van der Waals surface area contributed by atoms with E-state index in [2.05, 4.69) is 4.98 Å². The summed E-state index contributed by atoms with van der Waals surface area (Å²) in [5.74, 6) is 0. The number of amides is 1. The second kappa shape index (κ2) is 7.14. The molecule has 0 aliphatic carbocycles. The molecule has 9 heteroatoms. The van der Waals surface area contributed by atoms with E-state index in [1.165, 1.54) is 23.9 Å². The highest BCUT2D eigenvalue weighted by molar-refractivity contribution is 7.99. The van der Waals surface area contributed by atoms with Crippen LogP contribution in [-0.2, 0) is 4.74 Å². The summed E-state index contributed by atoms with van der Waals surface area (Å²) in [4.78, 5) is 28.7. The fourth-order valence-electron chi connectivity index (χ4n) is 2.73. The SMILES string of the molecule is CC(C)(C)OC(=O)N1CCCC(Sc2nc3cc([N+](=O)[O-])ccc3o2)C1. The van der Waals surface area contributed by atoms with Gasteiger partial charge in [0.1, 0.15) is 11.1 Å². The summed E-state index contributed by atoms with van der Waals surface area (Å²) in [6.07, 6.45) is 1.50. The number of fused-ring (bicyclic) bond motifs is 1. The number of hydrogen-bond acceptors (Lipinski definition) is 7. The van der Waals surface area contributed by atoms with E-state index in [-0.39, 0.29) is 17.0 Å². The van der Waals surface area contributed by atoms with E-state index in [1.807, 2.05) is 20.8 Å². The Balaban J connectivity index is 1.67. The maximum atomic E-state index is 12.2. The van der Waals surface area contributed by atoms with Crippen LogP contribution in [0, 0.1) is 10.1 Å². The second-order valence-electron chi connectivity index (χ2n) is 7.20. The van der Waals surface area contributed by atoms with Crippen LogP contribution < -0.4 is 0 Å². The molecule has 1 fully saturated rings. The Morgan fingerprint density at radius 2 is 2.23 bits per heavy atom. The number of aromatic nitrogens is 1. The number of thioether (sulfide) groups is 1. The molecule has 2 aromatic rings. The van der Waals surface area contributed by atoms with Gasteiger partial charge in [-0.15, -0.1) is 0 Å². The lowest BCUT2D eigenvalue weighted by Gasteiger charge is -2.33. The molecule has 1 aromatic heterocycles. The van der Waals surface area contributed by atoms with Gasteiger partial charge < -0.3 is 14.1 Å². The zero-order valence-corrected chi connectivity index (χ0v) is 15.7. The monoisotopic (exact) mass is 379 g/mol. The lowest BCUT2D eigenvalue weighted by Crippen LogP contribution is -2.43. The highest BCUT2D eigenvalue weighted by Crippen LogP contribution is 2.32. The third-order valence-electron chi connectivity index (χ3n) is 3.86. The number of carbonyl (C=O) groups is 1. The number of likely N-dealkylation sites (tertiary alicyclic amines) is 1. The first-order chi connectivity index (χ1) is 12.2. The standard InChI is InChI=1S/C17H21N3O5S/c1-17(2,3)25-16(21)19-8-4-5-12(10-19)26-15-18-13-9-11(20(22)23)6-7-14(13)24-15/h6-7,9,12H,4-5,8,10H2,1-3H3. The van der Waals surface area contributed by atoms with Crippen molar-refractivity contribution in [2.45, 2.75) is 49.7 Å². The molecule has 8 nitrogen and oxygen atoms in total. The molecule has 1 aliphatic heterocycles. The van der Waals surface area contributed by atoms with E-state index in [0.717, 1.165) is 12.8 Å². The highest BCUT2D eigenvalue weighted by Gasteiger charge is 2.29. The topological polar surface area (TPSA) is 98.7 Å². The summed E-state index contributed by atoms with van der Waals surface area (Å²) in [6, 6.07) is 4.35. The van der Waals surface area contributed by atoms with Crippen LogP contribution >= 0.6 is 11.8 Å². The molecule has 2 heterocycles. The molecule has 1 aliphatic rings. The van der Waals surface area contributed by atoms with Gasteiger partial charge in [-0.05, 0) is 39.7 Å². The Bertz CT molecular complexity index is 829. The van der Waals surface area contributed by atoms with Crippen LogP contribution in [0.1, 0.15) is 33.6 Å². The molecule has 1 saturated heterocycles. The van der Waals surface area contributed by atoms with Crippen molar-refractivity contribution in [3.63, 3.8) is 0 Å². The van der Waals surface area contributed by atoms with E-state index in [1.54, 1.807) is 11.0 Å². The minimum atomic E-state index is -0.522. The Hall–Kier alpha value is -2.29. The lowest BCUT2D eigenvalue weighted by atomic mass is 10.1. The lowest BCUT2D eigenvalue weighted by molar-refractivity contribution is -0.384. The Labute approximate surface area is 155 Å². The van der Waals surface area contributed by atoms with E-state index < -0.39 is 10.5 Å². The van der Waals surface area contributed by atoms with Crippen molar-refractivity contribution >= 4 is 34.6 Å². The normalized spacial score (nSPS) is 18.1. The van der Waals surface area contributed by atoms with Crippen LogP contribution in [0.5, 0.6) is 0 Å². The van der Waals surface area contributed by atoms with Gasteiger partial charge in [0.25, 0.3) is 10.9 Å². The molecule has 3 rings (SSSR count). The van der Waals surface area contributed by atoms with Gasteiger partial charge in [-0.25, -0.2) is 9.78 Å². The predicted octanol–water partition coefficient (Wildman–Crippen LogP) is 4.23. The summed E-state index contributed by atoms with van der Waals surface area (Å²) in [5.41, 5.74) is 0.433. The van der Waals surface area contributed by atoms with Gasteiger partial charge in [0, 0.05) is 30.5 Å². The van der Waals surface area contributed by atoms with Crippen molar-refractivity contribution in [2.75, 3.05) is 13.1 Å². The van der Waals surface area contributed by atoms with Crippen LogP contribution in [0.25, 0.3) is 11.1 Å². The number of oxazole rings is 1. The van der Waals surface area contributed by atoms with Gasteiger partial charge in [0.2, 0.25) is 0 Å². The highest BCUT2D eigenvalue weighted by atomic mass is 32.2. The van der Waals surface area contributed by atoms with Crippen LogP contribution in [0.2, 0.25) is 0 Å². The quantitative estimate of drug-likeness (QED) is 0.581. The van der Waals surface area contributed by atoms with Crippen LogP contribution in [-0.4, -0.2) is 44.8 Å². The number of non-ortho nitro benzene ring substituents is 1. The second-order valence-corrected chi connectivity index (χ2v) is 8.45. The number of hydrogen-bond donors (Lipinski definition) is 0. The number of benzene rings is 1. The summed E-state index contributed by atoms with van der Waals surface area (Å²) in [5, 5.41) is 11.5. The van der Waals surface area contributed by atoms with Gasteiger partial charge >= 0.3 is 6.09 Å². The Morgan fingerprint density at radius 1 is 1.46 bits per heavy atom. The first-order valence-corrected chi connectivity index (χ1v) is 9.29. The number of nitro benzene ring substituents is 1. The molecule has 26 heavy (non-hydrogen) atoms. The zero-order chi connectivity index (χ0) is 18.9. The molecular weight excluding hydrogens is 358 g/mol. The fraction of sp³-hybridized carbons (Fsp3) is 0.529. The summed E-state index contributed by atoms with van der Waals surface area (Å²) in [6.45, 7) is 6.76. The number of nitro groups is 1. The molecule has 0 saturated carbocycles. The maximum Gasteiger partial charge on any atom is 0.410 e. The molecular formula is C17H21N3O5S. The van der Waals surface area contributed by atoms with E-state index in [9.17, 15) is 14.9 Å². The minimum absolute atomic E-state index is 0.0175. The van der Waals surface area contributed by atoms with E-state index in [4.69, 9.17) is 9.15 Å². The van der Waals surface area contributed by atoms with Crippen molar-refractivity contribution in [1.29, 1.82) is 0 Å². The zero-order valence-electron chi connectivity index (χ0n) is 14.9. The van der Waals surface area contributed by atoms with Crippen molar-refractivity contribution in [2.24, 2.45) is 0 Å².